The maximum Gasteiger partial charge on any atom is 0.282 e. The van der Waals surface area contributed by atoms with Crippen molar-refractivity contribution in [3.05, 3.63) is 61.4 Å². The van der Waals surface area contributed by atoms with Crippen LogP contribution in [0.3, 0.4) is 0 Å². The van der Waals surface area contributed by atoms with Gasteiger partial charge in [-0.2, -0.15) is 9.78 Å². The molecule has 0 aliphatic heterocycles. The second-order valence-corrected chi connectivity index (χ2v) is 6.71. The molecule has 0 bridgehead atoms. The van der Waals surface area contributed by atoms with Gasteiger partial charge in [-0.3, -0.25) is 4.79 Å². The molecule has 0 radical (unpaired) electrons. The molecule has 0 N–H and O–H groups in total. The van der Waals surface area contributed by atoms with Crippen molar-refractivity contribution >= 4 is 49.0 Å². The predicted octanol–water partition coefficient (Wildman–Crippen LogP) is 4.35. The summed E-state index contributed by atoms with van der Waals surface area (Å²) in [6.07, 6.45) is 4.59. The molecular formula is C16H13Br2N3O2. The molecule has 0 aliphatic rings. The molecule has 0 spiro atoms. The van der Waals surface area contributed by atoms with E-state index in [4.69, 9.17) is 4.42 Å². The first kappa shape index (κ1) is 16.1. The van der Waals surface area contributed by atoms with Crippen molar-refractivity contribution in [3.63, 3.8) is 0 Å². The van der Waals surface area contributed by atoms with Crippen molar-refractivity contribution in [1.82, 2.24) is 9.66 Å². The Hall–Kier alpha value is -1.73. The van der Waals surface area contributed by atoms with Gasteiger partial charge in [-0.15, -0.1) is 0 Å². The fourth-order valence-corrected chi connectivity index (χ4v) is 3.55. The number of hydrogen-bond donors (Lipinski definition) is 0. The van der Waals surface area contributed by atoms with Gasteiger partial charge in [-0.25, -0.2) is 4.98 Å². The Morgan fingerprint density at radius 1 is 1.39 bits per heavy atom. The molecular weight excluding hydrogens is 426 g/mol. The highest BCUT2D eigenvalue weighted by atomic mass is 79.9. The summed E-state index contributed by atoms with van der Waals surface area (Å²) in [5, 5.41) is 4.77. The number of fused-ring (bicyclic) bond motifs is 1. The minimum Gasteiger partial charge on any atom is -0.463 e. The van der Waals surface area contributed by atoms with Crippen molar-refractivity contribution in [2.45, 2.75) is 19.8 Å². The molecule has 2 aromatic heterocycles. The number of halogens is 2. The fourth-order valence-electron chi connectivity index (χ4n) is 2.23. The Morgan fingerprint density at radius 2 is 2.22 bits per heavy atom. The van der Waals surface area contributed by atoms with Gasteiger partial charge in [0.1, 0.15) is 11.6 Å². The number of furan rings is 1. The van der Waals surface area contributed by atoms with Crippen molar-refractivity contribution in [3.8, 4) is 0 Å². The highest BCUT2D eigenvalue weighted by Crippen LogP contribution is 2.25. The second-order valence-electron chi connectivity index (χ2n) is 4.94. The van der Waals surface area contributed by atoms with Gasteiger partial charge in [-0.1, -0.05) is 22.9 Å². The smallest absolute Gasteiger partial charge is 0.282 e. The van der Waals surface area contributed by atoms with E-state index in [2.05, 4.69) is 41.9 Å². The first-order valence-corrected chi connectivity index (χ1v) is 8.67. The number of aromatic nitrogens is 2. The van der Waals surface area contributed by atoms with E-state index in [0.717, 1.165) is 15.4 Å². The van der Waals surface area contributed by atoms with Crippen molar-refractivity contribution in [2.24, 2.45) is 5.10 Å². The SMILES string of the molecule is CCCc1nc2c(Br)cc(Br)cc2c(=O)n1/N=C/c1ccco1. The van der Waals surface area contributed by atoms with Gasteiger partial charge in [0.05, 0.1) is 23.4 Å². The highest BCUT2D eigenvalue weighted by Gasteiger charge is 2.13. The summed E-state index contributed by atoms with van der Waals surface area (Å²) in [6, 6.07) is 7.17. The number of aryl methyl sites for hydroxylation is 1. The third-order valence-electron chi connectivity index (χ3n) is 3.25. The standard InChI is InChI=1S/C16H13Br2N3O2/c1-2-4-14-20-15-12(7-10(17)8-13(15)18)16(22)21(14)19-9-11-5-3-6-23-11/h3,5-9H,2,4H2,1H3/b19-9+. The van der Waals surface area contributed by atoms with Gasteiger partial charge in [0.25, 0.3) is 5.56 Å². The fraction of sp³-hybridized carbons (Fsp3) is 0.188. The molecule has 0 aliphatic carbocycles. The van der Waals surface area contributed by atoms with E-state index in [-0.39, 0.29) is 5.56 Å². The lowest BCUT2D eigenvalue weighted by Gasteiger charge is -2.09. The lowest BCUT2D eigenvalue weighted by Crippen LogP contribution is -2.22. The van der Waals surface area contributed by atoms with Crippen molar-refractivity contribution in [2.75, 3.05) is 0 Å². The molecule has 23 heavy (non-hydrogen) atoms. The monoisotopic (exact) mass is 437 g/mol. The lowest BCUT2D eigenvalue weighted by atomic mass is 10.2. The quantitative estimate of drug-likeness (QED) is 0.569. The minimum absolute atomic E-state index is 0.205. The Balaban J connectivity index is 2.24. The normalized spacial score (nSPS) is 11.6. The van der Waals surface area contributed by atoms with Crippen LogP contribution in [0.5, 0.6) is 0 Å². The van der Waals surface area contributed by atoms with E-state index in [1.807, 2.05) is 13.0 Å². The van der Waals surface area contributed by atoms with Crippen LogP contribution in [0.25, 0.3) is 10.9 Å². The summed E-state index contributed by atoms with van der Waals surface area (Å²) in [7, 11) is 0. The number of rotatable bonds is 4. The van der Waals surface area contributed by atoms with Crippen LogP contribution in [0, 0.1) is 0 Å². The molecule has 5 nitrogen and oxygen atoms in total. The first-order chi connectivity index (χ1) is 11.1. The minimum atomic E-state index is -0.205. The zero-order chi connectivity index (χ0) is 16.4. The van der Waals surface area contributed by atoms with Crippen molar-refractivity contribution < 1.29 is 4.42 Å². The van der Waals surface area contributed by atoms with E-state index < -0.39 is 0 Å². The average molecular weight is 439 g/mol. The largest absolute Gasteiger partial charge is 0.463 e. The van der Waals surface area contributed by atoms with Gasteiger partial charge < -0.3 is 4.42 Å². The van der Waals surface area contributed by atoms with Crippen LogP contribution >= 0.6 is 31.9 Å². The van der Waals surface area contributed by atoms with Gasteiger partial charge in [0.15, 0.2) is 0 Å². The van der Waals surface area contributed by atoms with Crippen LogP contribution in [0.4, 0.5) is 0 Å². The molecule has 0 amide bonds. The van der Waals surface area contributed by atoms with Crippen LogP contribution < -0.4 is 5.56 Å². The Labute approximate surface area is 149 Å². The highest BCUT2D eigenvalue weighted by molar-refractivity contribution is 9.11. The third-order valence-corrected chi connectivity index (χ3v) is 4.32. The van der Waals surface area contributed by atoms with E-state index in [1.165, 1.54) is 10.9 Å². The maximum atomic E-state index is 12.8. The van der Waals surface area contributed by atoms with Gasteiger partial charge >= 0.3 is 0 Å². The zero-order valence-corrected chi connectivity index (χ0v) is 15.5. The molecule has 7 heteroatoms. The van der Waals surface area contributed by atoms with Crippen LogP contribution in [-0.4, -0.2) is 15.9 Å². The Bertz CT molecular complexity index is 931. The van der Waals surface area contributed by atoms with Crippen molar-refractivity contribution in [1.29, 1.82) is 0 Å². The average Bonchev–Trinajstić information content (AvgIpc) is 3.02. The lowest BCUT2D eigenvalue weighted by molar-refractivity contribution is 0.559. The zero-order valence-electron chi connectivity index (χ0n) is 12.3. The molecule has 3 aromatic rings. The molecule has 0 unspecified atom stereocenters. The number of hydrogen-bond acceptors (Lipinski definition) is 4. The number of benzene rings is 1. The van der Waals surface area contributed by atoms with Gasteiger partial charge in [0, 0.05) is 15.4 Å². The molecule has 0 saturated carbocycles. The molecule has 118 valence electrons. The summed E-state index contributed by atoms with van der Waals surface area (Å²) in [5.74, 6) is 1.20. The third kappa shape index (κ3) is 3.30. The topological polar surface area (TPSA) is 60.4 Å². The summed E-state index contributed by atoms with van der Waals surface area (Å²) in [4.78, 5) is 17.4. The van der Waals surface area contributed by atoms with E-state index in [1.54, 1.807) is 24.5 Å². The van der Waals surface area contributed by atoms with Crippen LogP contribution in [0.1, 0.15) is 24.9 Å². The number of nitrogens with zero attached hydrogens (tertiary/aromatic N) is 3. The second kappa shape index (κ2) is 6.80. The molecule has 1 aromatic carbocycles. The maximum absolute atomic E-state index is 12.8. The summed E-state index contributed by atoms with van der Waals surface area (Å²) in [6.45, 7) is 2.04. The van der Waals surface area contributed by atoms with Crippen LogP contribution in [0.15, 0.2) is 53.8 Å². The van der Waals surface area contributed by atoms with E-state index in [0.29, 0.717) is 28.9 Å². The molecule has 0 atom stereocenters. The van der Waals surface area contributed by atoms with Crippen LogP contribution in [0.2, 0.25) is 0 Å². The van der Waals surface area contributed by atoms with E-state index >= 15 is 0 Å². The molecule has 2 heterocycles. The summed E-state index contributed by atoms with van der Waals surface area (Å²) in [5.41, 5.74) is 0.439. The Morgan fingerprint density at radius 3 is 2.91 bits per heavy atom. The summed E-state index contributed by atoms with van der Waals surface area (Å²) >= 11 is 6.87. The van der Waals surface area contributed by atoms with Gasteiger partial charge in [-0.05, 0) is 46.6 Å². The molecule has 0 fully saturated rings. The summed E-state index contributed by atoms with van der Waals surface area (Å²) < 4.78 is 8.14. The Kier molecular flexibility index (Phi) is 4.77. The molecule has 0 saturated heterocycles. The first-order valence-electron chi connectivity index (χ1n) is 7.08. The van der Waals surface area contributed by atoms with E-state index in [9.17, 15) is 4.79 Å². The van der Waals surface area contributed by atoms with Crippen LogP contribution in [-0.2, 0) is 6.42 Å². The molecule has 3 rings (SSSR count). The van der Waals surface area contributed by atoms with Gasteiger partial charge in [0.2, 0.25) is 0 Å². The predicted molar refractivity (Wildman–Crippen MR) is 97.1 cm³/mol.